The van der Waals surface area contributed by atoms with Gasteiger partial charge in [-0.1, -0.05) is 121 Å². The molecule has 8 aromatic carbocycles. The minimum atomic E-state index is -1.11. The smallest absolute Gasteiger partial charge is 0.146 e. The fourth-order valence-electron chi connectivity index (χ4n) is 7.72. The predicted octanol–water partition coefficient (Wildman–Crippen LogP) is 10.8. The van der Waals surface area contributed by atoms with Crippen LogP contribution in [0.25, 0.3) is 71.4 Å². The average molecular weight is 656 g/mol. The molecule has 0 fully saturated rings. The second kappa shape index (κ2) is 11.8. The van der Waals surface area contributed by atoms with Crippen molar-refractivity contribution in [2.24, 2.45) is 0 Å². The van der Waals surface area contributed by atoms with Crippen molar-refractivity contribution < 1.29 is 0 Å². The third kappa shape index (κ3) is 4.72. The highest BCUT2D eigenvalue weighted by Gasteiger charge is 2.25. The van der Waals surface area contributed by atoms with E-state index in [9.17, 15) is 0 Å². The minimum Gasteiger partial charge on any atom is -0.292 e. The molecule has 10 rings (SSSR count). The van der Waals surface area contributed by atoms with Crippen LogP contribution in [0.5, 0.6) is 0 Å². The summed E-state index contributed by atoms with van der Waals surface area (Å²) in [4.78, 5) is 5.18. The van der Waals surface area contributed by atoms with Crippen LogP contribution in [0.2, 0.25) is 0 Å². The molecule has 3 heteroatoms. The highest BCUT2D eigenvalue weighted by molar-refractivity contribution is 7.79. The lowest BCUT2D eigenvalue weighted by molar-refractivity contribution is 1.32. The van der Waals surface area contributed by atoms with Gasteiger partial charge in [-0.3, -0.25) is 4.40 Å². The topological polar surface area (TPSA) is 17.3 Å². The summed E-state index contributed by atoms with van der Waals surface area (Å²) in [5, 5.41) is 10.3. The Hall–Kier alpha value is -6.08. The molecular formula is C47H32N2P+. The highest BCUT2D eigenvalue weighted by Crippen LogP contribution is 2.39. The SMILES string of the molecule is c1ccc([PH+](c2ccccc2)c2ccc(-c3cccc(-c4ccc5c6c7ccccc7ccc6c6nc7ccccc7n6c5c4)c3)cc2)cc1. The van der Waals surface area contributed by atoms with Gasteiger partial charge in [-0.25, -0.2) is 4.98 Å². The Labute approximate surface area is 291 Å². The Morgan fingerprint density at radius 3 is 1.76 bits per heavy atom. The van der Waals surface area contributed by atoms with Gasteiger partial charge in [0, 0.05) is 16.2 Å². The van der Waals surface area contributed by atoms with Gasteiger partial charge in [0.15, 0.2) is 0 Å². The molecule has 0 amide bonds. The van der Waals surface area contributed by atoms with Crippen LogP contribution in [-0.2, 0) is 0 Å². The fourth-order valence-corrected chi connectivity index (χ4v) is 10.3. The normalized spacial score (nSPS) is 11.8. The Balaban J connectivity index is 1.10. The zero-order chi connectivity index (χ0) is 33.0. The van der Waals surface area contributed by atoms with Crippen LogP contribution in [0.3, 0.4) is 0 Å². The van der Waals surface area contributed by atoms with E-state index < -0.39 is 7.92 Å². The second-order valence-electron chi connectivity index (χ2n) is 13.0. The molecule has 10 aromatic rings. The summed E-state index contributed by atoms with van der Waals surface area (Å²) >= 11 is 0. The maximum atomic E-state index is 5.18. The highest BCUT2D eigenvalue weighted by atomic mass is 31.1. The van der Waals surface area contributed by atoms with Gasteiger partial charge in [0.1, 0.15) is 21.6 Å². The van der Waals surface area contributed by atoms with Crippen molar-refractivity contribution in [2.75, 3.05) is 0 Å². The monoisotopic (exact) mass is 655 g/mol. The molecule has 0 N–H and O–H groups in total. The van der Waals surface area contributed by atoms with Crippen LogP contribution in [0.15, 0.2) is 188 Å². The van der Waals surface area contributed by atoms with Crippen molar-refractivity contribution in [3.8, 4) is 22.3 Å². The molecule has 0 aliphatic carbocycles. The minimum absolute atomic E-state index is 0.998. The van der Waals surface area contributed by atoms with E-state index in [2.05, 4.69) is 192 Å². The molecule has 2 aromatic heterocycles. The first-order chi connectivity index (χ1) is 24.8. The van der Waals surface area contributed by atoms with Crippen LogP contribution in [-0.4, -0.2) is 9.38 Å². The van der Waals surface area contributed by atoms with E-state index in [1.54, 1.807) is 0 Å². The van der Waals surface area contributed by atoms with E-state index in [0.717, 1.165) is 16.7 Å². The van der Waals surface area contributed by atoms with E-state index >= 15 is 0 Å². The molecule has 0 saturated heterocycles. The van der Waals surface area contributed by atoms with E-state index in [0.29, 0.717) is 0 Å². The van der Waals surface area contributed by atoms with Crippen molar-refractivity contribution in [1.82, 2.24) is 9.38 Å². The Morgan fingerprint density at radius 2 is 0.980 bits per heavy atom. The van der Waals surface area contributed by atoms with Gasteiger partial charge in [0.05, 0.1) is 24.5 Å². The van der Waals surface area contributed by atoms with Gasteiger partial charge >= 0.3 is 0 Å². The molecule has 0 unspecified atom stereocenters. The number of aromatic nitrogens is 2. The quantitative estimate of drug-likeness (QED) is 0.133. The first-order valence-electron chi connectivity index (χ1n) is 17.1. The molecule has 50 heavy (non-hydrogen) atoms. The van der Waals surface area contributed by atoms with E-state index in [1.165, 1.54) is 70.6 Å². The maximum absolute atomic E-state index is 5.18. The number of pyridine rings is 1. The van der Waals surface area contributed by atoms with Crippen molar-refractivity contribution >= 4 is 73.0 Å². The number of hydrogen-bond acceptors (Lipinski definition) is 1. The molecule has 2 nitrogen and oxygen atoms in total. The largest absolute Gasteiger partial charge is 0.292 e. The van der Waals surface area contributed by atoms with Crippen molar-refractivity contribution in [2.45, 2.75) is 0 Å². The number of imidazole rings is 1. The molecule has 2 heterocycles. The molecule has 234 valence electrons. The molecular weight excluding hydrogens is 624 g/mol. The van der Waals surface area contributed by atoms with Crippen LogP contribution in [0.1, 0.15) is 0 Å². The number of rotatable bonds is 5. The van der Waals surface area contributed by atoms with Crippen LogP contribution < -0.4 is 15.9 Å². The first kappa shape index (κ1) is 28.9. The van der Waals surface area contributed by atoms with Gasteiger partial charge in [-0.15, -0.1) is 0 Å². The molecule has 0 bridgehead atoms. The summed E-state index contributed by atoms with van der Waals surface area (Å²) in [6.07, 6.45) is 0. The summed E-state index contributed by atoms with van der Waals surface area (Å²) in [6, 6.07) is 68.7. The van der Waals surface area contributed by atoms with E-state index in [4.69, 9.17) is 4.98 Å². The predicted molar refractivity (Wildman–Crippen MR) is 216 cm³/mol. The summed E-state index contributed by atoms with van der Waals surface area (Å²) in [5.74, 6) is 0. The Bertz CT molecular complexity index is 2820. The first-order valence-corrected chi connectivity index (χ1v) is 18.6. The lowest BCUT2D eigenvalue weighted by Crippen LogP contribution is -2.20. The van der Waals surface area contributed by atoms with Crippen molar-refractivity contribution in [1.29, 1.82) is 0 Å². The zero-order valence-corrected chi connectivity index (χ0v) is 28.3. The molecule has 0 spiro atoms. The standard InChI is InChI=1S/C47H31N2P/c1-3-15-37(16-4-1)50(38-17-5-2-6-18-38)39-26-22-32(23-27-39)34-13-11-14-35(30-34)36-25-28-41-45(31-36)49-44-21-10-9-20-43(44)48-47(49)42-29-24-33-12-7-8-19-40(33)46(41)42/h1-31H/p+1. The number of benzene rings is 8. The van der Waals surface area contributed by atoms with Gasteiger partial charge in [-0.2, -0.15) is 0 Å². The molecule has 0 saturated carbocycles. The average Bonchev–Trinajstić information content (AvgIpc) is 3.59. The van der Waals surface area contributed by atoms with Crippen LogP contribution >= 0.6 is 7.92 Å². The summed E-state index contributed by atoms with van der Waals surface area (Å²) < 4.78 is 2.35. The van der Waals surface area contributed by atoms with Gasteiger partial charge < -0.3 is 0 Å². The maximum Gasteiger partial charge on any atom is 0.146 e. The Morgan fingerprint density at radius 1 is 0.380 bits per heavy atom. The number of hydrogen-bond donors (Lipinski definition) is 0. The number of para-hydroxylation sites is 2. The molecule has 0 radical (unpaired) electrons. The number of fused-ring (bicyclic) bond motifs is 10. The molecule has 0 atom stereocenters. The fraction of sp³-hybridized carbons (Fsp3) is 0. The van der Waals surface area contributed by atoms with Crippen LogP contribution in [0, 0.1) is 0 Å². The van der Waals surface area contributed by atoms with Gasteiger partial charge in [0.2, 0.25) is 0 Å². The van der Waals surface area contributed by atoms with Crippen molar-refractivity contribution in [3.63, 3.8) is 0 Å². The summed E-state index contributed by atoms with van der Waals surface area (Å²) in [7, 11) is -1.11. The van der Waals surface area contributed by atoms with Crippen molar-refractivity contribution in [3.05, 3.63) is 188 Å². The molecule has 0 aliphatic heterocycles. The molecule has 0 aliphatic rings. The second-order valence-corrected chi connectivity index (χ2v) is 15.4. The van der Waals surface area contributed by atoms with Gasteiger partial charge in [0.25, 0.3) is 0 Å². The third-order valence-corrected chi connectivity index (χ3v) is 12.8. The lowest BCUT2D eigenvalue weighted by Gasteiger charge is -2.14. The number of nitrogens with zero attached hydrogens (tertiary/aromatic N) is 2. The van der Waals surface area contributed by atoms with E-state index in [-0.39, 0.29) is 0 Å². The van der Waals surface area contributed by atoms with E-state index in [1.807, 2.05) is 0 Å². The zero-order valence-electron chi connectivity index (χ0n) is 27.3. The van der Waals surface area contributed by atoms with Gasteiger partial charge in [-0.05, 0) is 99.8 Å². The van der Waals surface area contributed by atoms with Crippen LogP contribution in [0.4, 0.5) is 0 Å². The summed E-state index contributed by atoms with van der Waals surface area (Å²) in [6.45, 7) is 0. The lowest BCUT2D eigenvalue weighted by atomic mass is 9.95. The summed E-state index contributed by atoms with van der Waals surface area (Å²) in [5.41, 5.74) is 9.12. The third-order valence-electron chi connectivity index (χ3n) is 10.1. The Kier molecular flexibility index (Phi) is 6.82.